The molecule has 5 aromatic heterocycles. The third-order valence-electron chi connectivity index (χ3n) is 22.2. The molecule has 4 saturated heterocycles. The van der Waals surface area contributed by atoms with E-state index in [1.54, 1.807) is 33.2 Å². The van der Waals surface area contributed by atoms with Gasteiger partial charge in [0.1, 0.15) is 41.0 Å². The third kappa shape index (κ3) is 18.4. The van der Waals surface area contributed by atoms with Crippen LogP contribution in [0.25, 0.3) is 44.5 Å². The quantitative estimate of drug-likeness (QED) is 0.0567. The fourth-order valence-electron chi connectivity index (χ4n) is 15.5. The summed E-state index contributed by atoms with van der Waals surface area (Å²) in [6.07, 6.45) is 4.96. The number of carbonyl (C=O) groups is 5. The Morgan fingerprint density at radius 1 is 0.864 bits per heavy atom. The molecule has 0 aliphatic carbocycles. The highest BCUT2D eigenvalue weighted by Crippen LogP contribution is 2.43. The number of cyclic esters (lactones) is 1. The summed E-state index contributed by atoms with van der Waals surface area (Å²) in [6.45, 7) is 32.2. The standard InChI is InChI=1S/C55H78FN9O8.C27H32F2N8/c1-13-64-44-19-18-37-30-40(44)41(48(64)39-16-14-24-57-46(39)36(4)71-12)32-53(5,6)34-73-51(69)42-17-15-25-65(59-42)50(68)43(31-38-33-63(37)28-29-72-38)58-49(67)47(35(2)3)61(11)52(70)55(56)22-26-62(27-23-55)45(66)20-21-54(7,8)60(9)10;1-5-35-8-10-36(11-9-35)16-19-6-7-24(30-14-19)33-27-31-15-22(29)25(34-27)20-12-21(28)26-23(13-20)37(17(2)3)18(4)32-26/h14,16,18-19,24,30,35-36,38,42-43,47,59H,13,15,17,22-23,25-29,31-34H2,1-12H3,(H,58,67);6-7,12-15,17H,5,8-11,16H2,1-4H3,(H,30,31,33,34). The number of pyridine rings is 2. The largest absolute Gasteiger partial charge is 0.464 e. The number of alkyl halides is 1. The van der Waals surface area contributed by atoms with E-state index >= 15 is 4.39 Å². The Hall–Kier alpha value is -9.11. The lowest BCUT2D eigenvalue weighted by Gasteiger charge is -2.41. The highest BCUT2D eigenvalue weighted by Gasteiger charge is 2.48. The smallest absolute Gasteiger partial charge is 0.324 e. The van der Waals surface area contributed by atoms with E-state index in [2.05, 4.69) is 119 Å². The van der Waals surface area contributed by atoms with Gasteiger partial charge in [-0.25, -0.2) is 38.5 Å². The number of hydrazine groups is 1. The van der Waals surface area contributed by atoms with E-state index in [1.807, 2.05) is 89.5 Å². The fraction of sp³-hybridized carbons (Fsp3) is 0.561. The van der Waals surface area contributed by atoms with E-state index in [9.17, 15) is 32.8 Å². The molecule has 25 nitrogen and oxygen atoms in total. The zero-order chi connectivity index (χ0) is 79.3. The predicted octanol–water partition coefficient (Wildman–Crippen LogP) is 10.2. The van der Waals surface area contributed by atoms with Crippen molar-refractivity contribution in [2.24, 2.45) is 11.3 Å². The van der Waals surface area contributed by atoms with Gasteiger partial charge in [-0.3, -0.25) is 43.8 Å². The lowest BCUT2D eigenvalue weighted by Crippen LogP contribution is -2.63. The number of hydrogen-bond acceptors (Lipinski definition) is 19. The number of morpholine rings is 1. The Morgan fingerprint density at radius 2 is 1.60 bits per heavy atom. The van der Waals surface area contributed by atoms with Crippen LogP contribution < -0.4 is 21.0 Å². The highest BCUT2D eigenvalue weighted by molar-refractivity contribution is 5.97. The molecule has 4 amide bonds. The number of piperidine rings is 1. The zero-order valence-corrected chi connectivity index (χ0v) is 66.8. The van der Waals surface area contributed by atoms with Crippen LogP contribution in [-0.2, 0) is 57.7 Å². The number of nitrogens with one attached hydrogen (secondary N) is 3. The molecule has 5 aliphatic heterocycles. The molecule has 3 N–H and O–H groups in total. The van der Waals surface area contributed by atoms with Gasteiger partial charge in [-0.1, -0.05) is 46.6 Å². The molecular weight excluding hydrogens is 1410 g/mol. The summed E-state index contributed by atoms with van der Waals surface area (Å²) < 4.78 is 69.1. The number of likely N-dealkylation sites (tertiary alicyclic amines) is 1. The predicted molar refractivity (Wildman–Crippen MR) is 418 cm³/mol. The van der Waals surface area contributed by atoms with Crippen LogP contribution in [0.15, 0.2) is 73.2 Å². The summed E-state index contributed by atoms with van der Waals surface area (Å²) in [5, 5.41) is 8.47. The van der Waals surface area contributed by atoms with Crippen molar-refractivity contribution in [1.82, 2.24) is 74.3 Å². The second-order valence-electron chi connectivity index (χ2n) is 31.9. The molecule has 12 rings (SSSR count). The normalized spacial score (nSPS) is 20.0. The maximum atomic E-state index is 16.8. The average Bonchev–Trinajstić information content (AvgIpc) is 1.59. The molecule has 7 aromatic rings. The Kier molecular flexibility index (Phi) is 25.8. The van der Waals surface area contributed by atoms with Crippen LogP contribution in [0, 0.1) is 41.7 Å². The molecule has 0 spiro atoms. The topological polar surface area (TPSA) is 246 Å². The van der Waals surface area contributed by atoms with Crippen LogP contribution in [0.2, 0.25) is 0 Å². The van der Waals surface area contributed by atoms with Crippen LogP contribution in [0.5, 0.6) is 0 Å². The van der Waals surface area contributed by atoms with Crippen molar-refractivity contribution in [2.75, 3.05) is 117 Å². The number of hydrogen-bond donors (Lipinski definition) is 3. The number of halogens is 3. The number of aromatic nitrogens is 7. The Morgan fingerprint density at radius 3 is 2.27 bits per heavy atom. The fourth-order valence-corrected chi connectivity index (χ4v) is 15.5. The number of esters is 1. The highest BCUT2D eigenvalue weighted by atomic mass is 19.1. The van der Waals surface area contributed by atoms with Gasteiger partial charge in [-0.15, -0.1) is 0 Å². The lowest BCUT2D eigenvalue weighted by molar-refractivity contribution is -0.156. The van der Waals surface area contributed by atoms with Gasteiger partial charge in [0.15, 0.2) is 17.3 Å². The van der Waals surface area contributed by atoms with Crippen molar-refractivity contribution >= 4 is 69.0 Å². The summed E-state index contributed by atoms with van der Waals surface area (Å²) in [4.78, 5) is 104. The van der Waals surface area contributed by atoms with Crippen LogP contribution in [0.1, 0.15) is 143 Å². The van der Waals surface area contributed by atoms with Crippen molar-refractivity contribution in [3.8, 4) is 34.4 Å². The van der Waals surface area contributed by atoms with E-state index in [-0.39, 0.29) is 74.8 Å². The molecule has 592 valence electrons. The van der Waals surface area contributed by atoms with E-state index in [1.165, 1.54) is 23.0 Å². The molecule has 28 heteroatoms. The molecule has 6 bridgehead atoms. The first-order valence-corrected chi connectivity index (χ1v) is 38.7. The molecule has 2 aromatic carbocycles. The summed E-state index contributed by atoms with van der Waals surface area (Å²) >= 11 is 0. The van der Waals surface area contributed by atoms with Crippen molar-refractivity contribution in [3.05, 3.63) is 107 Å². The molecule has 5 unspecified atom stereocenters. The number of aryl methyl sites for hydroxylation is 2. The van der Waals surface area contributed by atoms with Crippen LogP contribution in [0.3, 0.4) is 0 Å². The number of benzene rings is 2. The van der Waals surface area contributed by atoms with E-state index in [0.717, 1.165) is 95.0 Å². The summed E-state index contributed by atoms with van der Waals surface area (Å²) in [5.74, 6) is 2.55. The van der Waals surface area contributed by atoms with Gasteiger partial charge in [0.25, 0.3) is 17.7 Å². The molecule has 5 aliphatic rings. The van der Waals surface area contributed by atoms with Gasteiger partial charge in [0.05, 0.1) is 54.1 Å². The summed E-state index contributed by atoms with van der Waals surface area (Å²) in [5.41, 5.74) is 7.97. The van der Waals surface area contributed by atoms with Crippen LogP contribution in [-0.4, -0.2) is 236 Å². The number of carbonyl (C=O) groups excluding carboxylic acids is 5. The van der Waals surface area contributed by atoms with Crippen molar-refractivity contribution in [3.63, 3.8) is 0 Å². The van der Waals surface area contributed by atoms with Crippen LogP contribution in [0.4, 0.5) is 30.6 Å². The minimum Gasteiger partial charge on any atom is -0.464 e. The number of rotatable bonds is 17. The maximum Gasteiger partial charge on any atom is 0.324 e. The number of anilines is 3. The zero-order valence-electron chi connectivity index (χ0n) is 66.8. The second kappa shape index (κ2) is 34.7. The van der Waals surface area contributed by atoms with Gasteiger partial charge in [-0.05, 0) is 160 Å². The Labute approximate surface area is 644 Å². The second-order valence-corrected chi connectivity index (χ2v) is 31.9. The van der Waals surface area contributed by atoms with E-state index in [0.29, 0.717) is 68.2 Å². The van der Waals surface area contributed by atoms with Gasteiger partial charge < -0.3 is 53.6 Å². The van der Waals surface area contributed by atoms with Gasteiger partial charge in [0, 0.05) is 157 Å². The molecular formula is C82H110F3N17O8. The van der Waals surface area contributed by atoms with Gasteiger partial charge in [0.2, 0.25) is 11.9 Å². The van der Waals surface area contributed by atoms with Crippen molar-refractivity contribution in [1.29, 1.82) is 0 Å². The first kappa shape index (κ1) is 81.9. The molecule has 5 atom stereocenters. The van der Waals surface area contributed by atoms with Gasteiger partial charge >= 0.3 is 5.97 Å². The van der Waals surface area contributed by atoms with E-state index in [4.69, 9.17) is 19.2 Å². The average molecular weight is 1520 g/mol. The lowest BCUT2D eigenvalue weighted by atomic mass is 9.84. The molecule has 4 fully saturated rings. The molecule has 0 radical (unpaired) electrons. The Balaban J connectivity index is 0.000000270. The monoisotopic (exact) mass is 1520 g/mol. The van der Waals surface area contributed by atoms with E-state index < -0.39 is 88.0 Å². The minimum atomic E-state index is -2.34. The first-order valence-electron chi connectivity index (χ1n) is 38.7. The SMILES string of the molecule is CCN1CCN(Cc2ccc(Nc3ncc(F)c(-c4cc(F)c5nc(C)n(C(C)C)c5c4)n3)nc2)CC1.CCn1c(-c2cccnc2C(C)OC)c2c3cc(ccc31)N1CCOC(CC(NC(=O)C(C(C)C)N(C)C(=O)C3(F)CCN(C(=O)C#CC(C)(C)N(C)C)CC3)C(=O)N3CCCC(N3)C(=O)OCC(C)(C)C2)C1. The molecule has 110 heavy (non-hydrogen) atoms. The number of piperazine rings is 1. The maximum absolute atomic E-state index is 16.8. The summed E-state index contributed by atoms with van der Waals surface area (Å²) in [7, 11) is 6.82. The number of ether oxygens (including phenoxy) is 3. The molecule has 0 saturated carbocycles. The third-order valence-corrected chi connectivity index (χ3v) is 22.2. The minimum absolute atomic E-state index is 0.00954. The number of likely N-dealkylation sites (N-methyl/N-ethyl adjacent to an activating group) is 2. The number of fused-ring (bicyclic) bond motifs is 7. The number of amides is 4. The first-order chi connectivity index (χ1) is 52.3. The Bertz CT molecular complexity index is 4540. The number of imidazole rings is 1. The number of nitrogens with zero attached hydrogens (tertiary/aromatic N) is 14. The molecule has 10 heterocycles. The summed E-state index contributed by atoms with van der Waals surface area (Å²) in [6, 6.07) is 14.3. The van der Waals surface area contributed by atoms with Gasteiger partial charge in [-0.2, -0.15) is 0 Å². The van der Waals surface area contributed by atoms with Crippen molar-refractivity contribution < 1.29 is 51.4 Å². The van der Waals surface area contributed by atoms with Crippen LogP contribution >= 0.6 is 0 Å². The van der Waals surface area contributed by atoms with Crippen molar-refractivity contribution in [2.45, 2.75) is 182 Å². The number of methoxy groups -OCH3 is 1.